The molecule has 0 radical (unpaired) electrons. The topological polar surface area (TPSA) is 88.3 Å². The zero-order chi connectivity index (χ0) is 31.3. The minimum absolute atomic E-state index is 0.160. The predicted octanol–water partition coefficient (Wildman–Crippen LogP) is 7.54. The lowest BCUT2D eigenvalue weighted by Crippen LogP contribution is -2.25. The smallest absolute Gasteiger partial charge is 0.184 e. The van der Waals surface area contributed by atoms with E-state index in [4.69, 9.17) is 16.0 Å². The fraction of sp³-hybridized carbons (Fsp3) is 0.108. The van der Waals surface area contributed by atoms with Gasteiger partial charge in [0, 0.05) is 64.6 Å². The summed E-state index contributed by atoms with van der Waals surface area (Å²) >= 11 is 6.72. The molecule has 0 unspecified atom stereocenters. The van der Waals surface area contributed by atoms with Gasteiger partial charge in [-0.25, -0.2) is 0 Å². The van der Waals surface area contributed by atoms with Crippen molar-refractivity contribution in [3.05, 3.63) is 166 Å². The van der Waals surface area contributed by atoms with Gasteiger partial charge in [0.25, 0.3) is 0 Å². The molecular weight excluding hydrogens is 596 g/mol. The second-order valence-corrected chi connectivity index (χ2v) is 11.4. The van der Waals surface area contributed by atoms with E-state index >= 15 is 0 Å². The zero-order valence-electron chi connectivity index (χ0n) is 24.8. The Morgan fingerprint density at radius 2 is 1.04 bits per heavy atom. The molecule has 46 heavy (non-hydrogen) atoms. The van der Waals surface area contributed by atoms with Gasteiger partial charge in [-0.15, -0.1) is 0 Å². The molecule has 0 bridgehead atoms. The molecular formula is C37H29ClN6O2. The number of benzene rings is 2. The maximum absolute atomic E-state index is 13.1. The van der Waals surface area contributed by atoms with Crippen LogP contribution in [-0.4, -0.2) is 19.9 Å². The number of nitrogens with zero attached hydrogens (tertiary/aromatic N) is 6. The molecule has 7 rings (SSSR count). The number of hydrogen-bond donors (Lipinski definition) is 0. The largest absolute Gasteiger partial charge is 0.456 e. The Balaban J connectivity index is 1.40. The molecule has 1 aliphatic heterocycles. The van der Waals surface area contributed by atoms with E-state index in [1.54, 1.807) is 36.9 Å². The number of anilines is 2. The third-order valence-electron chi connectivity index (χ3n) is 7.68. The van der Waals surface area contributed by atoms with Crippen molar-refractivity contribution in [3.63, 3.8) is 0 Å². The first kappa shape index (κ1) is 29.1. The molecule has 0 fully saturated rings. The summed E-state index contributed by atoms with van der Waals surface area (Å²) in [5.41, 5.74) is 6.32. The van der Waals surface area contributed by atoms with Crippen molar-refractivity contribution >= 4 is 33.9 Å². The summed E-state index contributed by atoms with van der Waals surface area (Å²) in [5.74, 6) is 0.469. The van der Waals surface area contributed by atoms with Crippen molar-refractivity contribution < 1.29 is 4.42 Å². The standard InChI is InChI=1S/C37H29ClN6O2/c38-26-17-34(43(22-27-9-1-5-13-39-27)23-28-10-2-6-14-40-28)32-21-33-35(19-31(45)20-37(33)46-36(32)18-26)44(24-29-11-3-7-15-41-29)25-30-12-4-8-16-42-30/h1-21H,22-25H2. The quantitative estimate of drug-likeness (QED) is 0.144. The Morgan fingerprint density at radius 3 is 1.50 bits per heavy atom. The number of rotatable bonds is 10. The highest BCUT2D eigenvalue weighted by Gasteiger charge is 2.23. The van der Waals surface area contributed by atoms with Crippen molar-refractivity contribution in [2.45, 2.75) is 26.2 Å². The van der Waals surface area contributed by atoms with Gasteiger partial charge in [0.15, 0.2) is 5.43 Å². The first-order chi connectivity index (χ1) is 22.6. The van der Waals surface area contributed by atoms with Gasteiger partial charge in [-0.1, -0.05) is 35.9 Å². The molecule has 2 aliphatic rings. The number of hydrogen-bond acceptors (Lipinski definition) is 8. The average Bonchev–Trinajstić information content (AvgIpc) is 3.08. The minimum atomic E-state index is -0.160. The Morgan fingerprint density at radius 1 is 0.565 bits per heavy atom. The fourth-order valence-corrected chi connectivity index (χ4v) is 5.82. The average molecular weight is 625 g/mol. The molecule has 0 spiro atoms. The van der Waals surface area contributed by atoms with Crippen LogP contribution in [0.3, 0.4) is 0 Å². The SMILES string of the molecule is O=c1cc2oc3cc(Cl)cc(N(Cc4ccccn4)Cc4ccccn4)c3cc-2c(N(Cc2ccccn2)Cc2ccccn2)c1. The summed E-state index contributed by atoms with van der Waals surface area (Å²) in [4.78, 5) is 35.8. The van der Waals surface area contributed by atoms with Crippen LogP contribution in [0.5, 0.6) is 0 Å². The van der Waals surface area contributed by atoms with Gasteiger partial charge in [0.05, 0.1) is 54.6 Å². The highest BCUT2D eigenvalue weighted by molar-refractivity contribution is 6.31. The van der Waals surface area contributed by atoms with Crippen molar-refractivity contribution in [2.75, 3.05) is 9.80 Å². The molecule has 0 N–H and O–H groups in total. The zero-order valence-corrected chi connectivity index (χ0v) is 25.6. The summed E-state index contributed by atoms with van der Waals surface area (Å²) in [7, 11) is 0. The molecule has 1 aromatic carbocycles. The molecule has 5 aromatic rings. The summed E-state index contributed by atoms with van der Waals surface area (Å²) < 4.78 is 6.49. The molecule has 5 heterocycles. The molecule has 0 amide bonds. The third-order valence-corrected chi connectivity index (χ3v) is 7.90. The van der Waals surface area contributed by atoms with Crippen LogP contribution >= 0.6 is 11.6 Å². The first-order valence-corrected chi connectivity index (χ1v) is 15.3. The predicted molar refractivity (Wildman–Crippen MR) is 181 cm³/mol. The van der Waals surface area contributed by atoms with Crippen molar-refractivity contribution in [1.82, 2.24) is 19.9 Å². The van der Waals surface area contributed by atoms with Crippen LogP contribution in [0.25, 0.3) is 22.3 Å². The number of aromatic nitrogens is 4. The Bertz CT molecular complexity index is 2010. The Labute approximate surface area is 271 Å². The minimum Gasteiger partial charge on any atom is -0.456 e. The van der Waals surface area contributed by atoms with Crippen LogP contribution in [0.15, 0.2) is 137 Å². The second kappa shape index (κ2) is 13.2. The van der Waals surface area contributed by atoms with Crippen LogP contribution in [0, 0.1) is 0 Å². The summed E-state index contributed by atoms with van der Waals surface area (Å²) in [6.07, 6.45) is 7.12. The summed E-state index contributed by atoms with van der Waals surface area (Å²) in [6.45, 7) is 1.96. The van der Waals surface area contributed by atoms with E-state index in [1.807, 2.05) is 78.9 Å². The van der Waals surface area contributed by atoms with Crippen LogP contribution in [0.4, 0.5) is 11.4 Å². The van der Waals surface area contributed by atoms with Crippen LogP contribution < -0.4 is 15.2 Å². The maximum atomic E-state index is 13.1. The van der Waals surface area contributed by atoms with E-state index in [1.165, 1.54) is 6.07 Å². The van der Waals surface area contributed by atoms with Crippen molar-refractivity contribution in [1.29, 1.82) is 0 Å². The molecule has 0 atom stereocenters. The van der Waals surface area contributed by atoms with E-state index in [0.717, 1.165) is 45.1 Å². The fourth-order valence-electron chi connectivity index (χ4n) is 5.61. The van der Waals surface area contributed by atoms with Gasteiger partial charge < -0.3 is 14.2 Å². The highest BCUT2D eigenvalue weighted by atomic mass is 35.5. The van der Waals surface area contributed by atoms with Crippen molar-refractivity contribution in [3.8, 4) is 11.3 Å². The van der Waals surface area contributed by atoms with E-state index in [0.29, 0.717) is 42.5 Å². The van der Waals surface area contributed by atoms with E-state index < -0.39 is 0 Å². The van der Waals surface area contributed by atoms with Gasteiger partial charge in [-0.05, 0) is 60.7 Å². The molecule has 4 aromatic heterocycles. The first-order valence-electron chi connectivity index (χ1n) is 14.9. The second-order valence-electron chi connectivity index (χ2n) is 10.9. The van der Waals surface area contributed by atoms with Gasteiger partial charge in [-0.3, -0.25) is 24.7 Å². The lowest BCUT2D eigenvalue weighted by atomic mass is 10.0. The number of fused-ring (bicyclic) bond motifs is 2. The molecule has 1 aliphatic carbocycles. The van der Waals surface area contributed by atoms with Gasteiger partial charge in [0.2, 0.25) is 0 Å². The maximum Gasteiger partial charge on any atom is 0.184 e. The number of pyridine rings is 4. The van der Waals surface area contributed by atoms with Crippen LogP contribution in [-0.2, 0) is 26.2 Å². The lowest BCUT2D eigenvalue weighted by molar-refractivity contribution is 0.617. The highest BCUT2D eigenvalue weighted by Crippen LogP contribution is 2.41. The van der Waals surface area contributed by atoms with Crippen molar-refractivity contribution in [2.24, 2.45) is 0 Å². The van der Waals surface area contributed by atoms with Gasteiger partial charge >= 0.3 is 0 Å². The van der Waals surface area contributed by atoms with E-state index in [-0.39, 0.29) is 5.43 Å². The van der Waals surface area contributed by atoms with Gasteiger partial charge in [-0.2, -0.15) is 0 Å². The van der Waals surface area contributed by atoms with Gasteiger partial charge in [0.1, 0.15) is 11.3 Å². The lowest BCUT2D eigenvalue weighted by Gasteiger charge is -2.28. The monoisotopic (exact) mass is 624 g/mol. The number of halogens is 1. The molecule has 8 nitrogen and oxygen atoms in total. The normalized spacial score (nSPS) is 11.2. The van der Waals surface area contributed by atoms with Crippen LogP contribution in [0.1, 0.15) is 22.8 Å². The third kappa shape index (κ3) is 6.57. The Kier molecular flexibility index (Phi) is 8.34. The summed E-state index contributed by atoms with van der Waals surface area (Å²) in [6, 6.07) is 32.4. The van der Waals surface area contributed by atoms with E-state index in [2.05, 4.69) is 35.8 Å². The van der Waals surface area contributed by atoms with Crippen LogP contribution in [0.2, 0.25) is 5.02 Å². The Hall–Kier alpha value is -5.60. The van der Waals surface area contributed by atoms with E-state index in [9.17, 15) is 4.79 Å². The molecule has 0 saturated heterocycles. The molecule has 0 saturated carbocycles. The molecule has 226 valence electrons. The summed E-state index contributed by atoms with van der Waals surface area (Å²) in [5, 5.41) is 1.36. The molecule has 9 heteroatoms.